The first-order valence-corrected chi connectivity index (χ1v) is 5.85. The summed E-state index contributed by atoms with van der Waals surface area (Å²) >= 11 is 0. The SMILES string of the molecule is CC(O)C(C)(CN)CC1CCC(C)(C)O1. The number of rotatable bonds is 4. The molecule has 90 valence electrons. The van der Waals surface area contributed by atoms with E-state index in [0.717, 1.165) is 19.3 Å². The quantitative estimate of drug-likeness (QED) is 0.750. The van der Waals surface area contributed by atoms with Crippen molar-refractivity contribution in [3.05, 3.63) is 0 Å². The lowest BCUT2D eigenvalue weighted by Gasteiger charge is -2.34. The maximum atomic E-state index is 9.73. The number of aliphatic hydroxyl groups excluding tert-OH is 1. The zero-order valence-electron chi connectivity index (χ0n) is 10.4. The van der Waals surface area contributed by atoms with E-state index in [-0.39, 0.29) is 23.2 Å². The first-order chi connectivity index (χ1) is 6.79. The van der Waals surface area contributed by atoms with E-state index in [1.165, 1.54) is 0 Å². The lowest BCUT2D eigenvalue weighted by Crippen LogP contribution is -2.40. The first-order valence-electron chi connectivity index (χ1n) is 5.85. The molecule has 3 unspecified atom stereocenters. The number of hydrogen-bond donors (Lipinski definition) is 2. The van der Waals surface area contributed by atoms with Crippen molar-refractivity contribution in [3.8, 4) is 0 Å². The highest BCUT2D eigenvalue weighted by atomic mass is 16.5. The lowest BCUT2D eigenvalue weighted by atomic mass is 9.79. The van der Waals surface area contributed by atoms with Crippen molar-refractivity contribution in [2.45, 2.75) is 64.8 Å². The van der Waals surface area contributed by atoms with E-state index in [1.807, 2.05) is 13.8 Å². The molecular weight excluding hydrogens is 190 g/mol. The topological polar surface area (TPSA) is 55.5 Å². The molecular formula is C12H25NO2. The number of hydrogen-bond acceptors (Lipinski definition) is 3. The molecule has 0 aromatic heterocycles. The summed E-state index contributed by atoms with van der Waals surface area (Å²) in [5.74, 6) is 0. The van der Waals surface area contributed by atoms with Crippen LogP contribution in [0.3, 0.4) is 0 Å². The minimum Gasteiger partial charge on any atom is -0.393 e. The predicted octanol–water partition coefficient (Wildman–Crippen LogP) is 1.68. The van der Waals surface area contributed by atoms with Crippen LogP contribution in [0.1, 0.15) is 47.0 Å². The van der Waals surface area contributed by atoms with Crippen LogP contribution < -0.4 is 5.73 Å². The fourth-order valence-electron chi connectivity index (χ4n) is 2.17. The fourth-order valence-corrected chi connectivity index (χ4v) is 2.17. The highest BCUT2D eigenvalue weighted by Crippen LogP contribution is 2.37. The first kappa shape index (κ1) is 12.9. The average Bonchev–Trinajstić information content (AvgIpc) is 2.45. The molecule has 1 rings (SSSR count). The van der Waals surface area contributed by atoms with Crippen molar-refractivity contribution < 1.29 is 9.84 Å². The summed E-state index contributed by atoms with van der Waals surface area (Å²) in [4.78, 5) is 0. The Kier molecular flexibility index (Phi) is 3.80. The molecule has 0 saturated carbocycles. The Morgan fingerprint density at radius 2 is 2.20 bits per heavy atom. The second-order valence-electron chi connectivity index (χ2n) is 5.78. The Balaban J connectivity index is 2.54. The molecule has 1 heterocycles. The standard InChI is InChI=1S/C12H25NO2/c1-9(14)12(4,8-13)7-10-5-6-11(2,3)15-10/h9-10,14H,5-8,13H2,1-4H3. The molecule has 0 aromatic rings. The second-order valence-corrected chi connectivity index (χ2v) is 5.78. The summed E-state index contributed by atoms with van der Waals surface area (Å²) < 4.78 is 5.93. The van der Waals surface area contributed by atoms with E-state index < -0.39 is 0 Å². The van der Waals surface area contributed by atoms with Crippen molar-refractivity contribution in [1.82, 2.24) is 0 Å². The minimum absolute atomic E-state index is 0.00112. The smallest absolute Gasteiger partial charge is 0.0631 e. The van der Waals surface area contributed by atoms with Crippen LogP contribution in [0.5, 0.6) is 0 Å². The number of nitrogens with two attached hydrogens (primary N) is 1. The van der Waals surface area contributed by atoms with Crippen LogP contribution in [0.15, 0.2) is 0 Å². The Hall–Kier alpha value is -0.120. The molecule has 15 heavy (non-hydrogen) atoms. The number of ether oxygens (including phenoxy) is 1. The zero-order chi connectivity index (χ0) is 11.7. The molecule has 0 spiro atoms. The summed E-state index contributed by atoms with van der Waals surface area (Å²) in [6.07, 6.45) is 2.90. The molecule has 1 aliphatic heterocycles. The van der Waals surface area contributed by atoms with Gasteiger partial charge in [-0.2, -0.15) is 0 Å². The molecule has 0 radical (unpaired) electrons. The summed E-state index contributed by atoms with van der Waals surface area (Å²) in [6, 6.07) is 0. The molecule has 3 atom stereocenters. The summed E-state index contributed by atoms with van der Waals surface area (Å²) in [5, 5.41) is 9.73. The van der Waals surface area contributed by atoms with Crippen LogP contribution in [-0.4, -0.2) is 29.5 Å². The molecule has 0 bridgehead atoms. The van der Waals surface area contributed by atoms with Crippen LogP contribution in [0.4, 0.5) is 0 Å². The highest BCUT2D eigenvalue weighted by Gasteiger charge is 2.38. The van der Waals surface area contributed by atoms with Gasteiger partial charge in [0.1, 0.15) is 0 Å². The maximum Gasteiger partial charge on any atom is 0.0631 e. The maximum absolute atomic E-state index is 9.73. The zero-order valence-corrected chi connectivity index (χ0v) is 10.4. The van der Waals surface area contributed by atoms with Gasteiger partial charge < -0.3 is 15.6 Å². The van der Waals surface area contributed by atoms with Gasteiger partial charge in [0.25, 0.3) is 0 Å². The van der Waals surface area contributed by atoms with E-state index in [9.17, 15) is 5.11 Å². The van der Waals surface area contributed by atoms with Crippen LogP contribution in [0.2, 0.25) is 0 Å². The van der Waals surface area contributed by atoms with Gasteiger partial charge in [-0.3, -0.25) is 0 Å². The van der Waals surface area contributed by atoms with Crippen LogP contribution >= 0.6 is 0 Å². The molecule has 0 amide bonds. The molecule has 1 fully saturated rings. The molecule has 0 aromatic carbocycles. The van der Waals surface area contributed by atoms with Gasteiger partial charge in [0.2, 0.25) is 0 Å². The highest BCUT2D eigenvalue weighted by molar-refractivity contribution is 4.89. The normalized spacial score (nSPS) is 31.2. The van der Waals surface area contributed by atoms with Crippen molar-refractivity contribution in [3.63, 3.8) is 0 Å². The molecule has 1 saturated heterocycles. The third-order valence-electron chi connectivity index (χ3n) is 3.72. The van der Waals surface area contributed by atoms with Crippen molar-refractivity contribution >= 4 is 0 Å². The van der Waals surface area contributed by atoms with E-state index in [0.29, 0.717) is 6.54 Å². The molecule has 0 aliphatic carbocycles. The fraction of sp³-hybridized carbons (Fsp3) is 1.00. The van der Waals surface area contributed by atoms with Crippen molar-refractivity contribution in [2.75, 3.05) is 6.54 Å². The van der Waals surface area contributed by atoms with Crippen LogP contribution in [-0.2, 0) is 4.74 Å². The Bertz CT molecular complexity index is 216. The molecule has 3 nitrogen and oxygen atoms in total. The number of aliphatic hydroxyl groups is 1. The third kappa shape index (κ3) is 3.16. The van der Waals surface area contributed by atoms with Gasteiger partial charge in [0.15, 0.2) is 0 Å². The van der Waals surface area contributed by atoms with Gasteiger partial charge in [0.05, 0.1) is 17.8 Å². The third-order valence-corrected chi connectivity index (χ3v) is 3.72. The molecule has 3 heteroatoms. The van der Waals surface area contributed by atoms with Gasteiger partial charge in [-0.15, -0.1) is 0 Å². The van der Waals surface area contributed by atoms with Crippen molar-refractivity contribution in [1.29, 1.82) is 0 Å². The minimum atomic E-state index is -0.380. The van der Waals surface area contributed by atoms with Gasteiger partial charge in [-0.1, -0.05) is 6.92 Å². The summed E-state index contributed by atoms with van der Waals surface area (Å²) in [5.41, 5.74) is 5.52. The van der Waals surface area contributed by atoms with E-state index in [4.69, 9.17) is 10.5 Å². The monoisotopic (exact) mass is 215 g/mol. The average molecular weight is 215 g/mol. The van der Waals surface area contributed by atoms with Crippen LogP contribution in [0.25, 0.3) is 0 Å². The largest absolute Gasteiger partial charge is 0.393 e. The second kappa shape index (κ2) is 4.40. The van der Waals surface area contributed by atoms with E-state index in [2.05, 4.69) is 13.8 Å². The summed E-state index contributed by atoms with van der Waals surface area (Å²) in [7, 11) is 0. The lowest BCUT2D eigenvalue weighted by molar-refractivity contribution is -0.0521. The van der Waals surface area contributed by atoms with E-state index in [1.54, 1.807) is 0 Å². The Morgan fingerprint density at radius 3 is 2.53 bits per heavy atom. The molecule has 1 aliphatic rings. The molecule has 3 N–H and O–H groups in total. The van der Waals surface area contributed by atoms with Crippen molar-refractivity contribution in [2.24, 2.45) is 11.1 Å². The van der Waals surface area contributed by atoms with Crippen LogP contribution in [0, 0.1) is 5.41 Å². The predicted molar refractivity (Wildman–Crippen MR) is 61.6 cm³/mol. The Morgan fingerprint density at radius 1 is 1.60 bits per heavy atom. The summed E-state index contributed by atoms with van der Waals surface area (Å²) in [6.45, 7) is 8.59. The van der Waals surface area contributed by atoms with Gasteiger partial charge in [-0.25, -0.2) is 0 Å². The Labute approximate surface area is 93.0 Å². The van der Waals surface area contributed by atoms with Gasteiger partial charge in [-0.05, 0) is 40.0 Å². The van der Waals surface area contributed by atoms with Gasteiger partial charge in [0, 0.05) is 12.0 Å². The van der Waals surface area contributed by atoms with Gasteiger partial charge >= 0.3 is 0 Å². The van der Waals surface area contributed by atoms with E-state index >= 15 is 0 Å².